The summed E-state index contributed by atoms with van der Waals surface area (Å²) in [6.45, 7) is -0.151. The van der Waals surface area contributed by atoms with E-state index in [1.807, 2.05) is 18.4 Å². The van der Waals surface area contributed by atoms with Crippen molar-refractivity contribution in [2.45, 2.75) is 15.7 Å². The van der Waals surface area contributed by atoms with E-state index in [0.29, 0.717) is 10.6 Å². The number of thiophene rings is 1. The minimum Gasteiger partial charge on any atom is -0.391 e. The number of nitrogens with one attached hydrogen (secondary N) is 1. The number of aliphatic hydroxyl groups excluding tert-OH is 1. The number of hydrogen-bond acceptors (Lipinski definition) is 5. The highest BCUT2D eigenvalue weighted by molar-refractivity contribution is 7.99. The number of sulfonamides is 1. The number of para-hydroxylation sites is 1. The van der Waals surface area contributed by atoms with Crippen molar-refractivity contribution in [2.75, 3.05) is 11.0 Å². The lowest BCUT2D eigenvalue weighted by atomic mass is 10.3. The van der Waals surface area contributed by atoms with Crippen LogP contribution in [0.1, 0.15) is 4.88 Å². The van der Waals surface area contributed by atoms with Crippen molar-refractivity contribution < 1.29 is 13.5 Å². The molecule has 0 amide bonds. The summed E-state index contributed by atoms with van der Waals surface area (Å²) in [4.78, 5) is 1.49. The quantitative estimate of drug-likeness (QED) is 0.833. The molecule has 0 radical (unpaired) electrons. The van der Waals surface area contributed by atoms with Crippen LogP contribution in [0.2, 0.25) is 0 Å². The number of hydrogen-bond donors (Lipinski definition) is 2. The molecule has 1 heterocycles. The van der Waals surface area contributed by atoms with Crippen molar-refractivity contribution in [1.82, 2.24) is 0 Å². The Kier molecular flexibility index (Phi) is 4.51. The van der Waals surface area contributed by atoms with Gasteiger partial charge in [0.2, 0.25) is 0 Å². The summed E-state index contributed by atoms with van der Waals surface area (Å²) in [5, 5.41) is 8.98. The molecule has 2 rings (SSSR count). The molecule has 4 nitrogen and oxygen atoms in total. The van der Waals surface area contributed by atoms with E-state index in [0.717, 1.165) is 16.2 Å². The van der Waals surface area contributed by atoms with Crippen molar-refractivity contribution in [3.8, 4) is 0 Å². The van der Waals surface area contributed by atoms with Crippen LogP contribution in [0.25, 0.3) is 0 Å². The normalized spacial score (nSPS) is 11.5. The Hall–Kier alpha value is -1.02. The van der Waals surface area contributed by atoms with E-state index in [4.69, 9.17) is 5.11 Å². The van der Waals surface area contributed by atoms with Crippen molar-refractivity contribution in [2.24, 2.45) is 0 Å². The summed E-state index contributed by atoms with van der Waals surface area (Å²) in [7, 11) is -3.59. The SMILES string of the molecule is CSc1ccccc1NS(=O)(=O)c1ccc(CO)s1. The molecule has 7 heteroatoms. The van der Waals surface area contributed by atoms with Crippen LogP contribution in [0.15, 0.2) is 45.5 Å². The van der Waals surface area contributed by atoms with Gasteiger partial charge in [-0.15, -0.1) is 23.1 Å². The van der Waals surface area contributed by atoms with Crippen LogP contribution in [-0.2, 0) is 16.6 Å². The van der Waals surface area contributed by atoms with Gasteiger partial charge in [0.25, 0.3) is 10.0 Å². The predicted molar refractivity (Wildman–Crippen MR) is 79.3 cm³/mol. The van der Waals surface area contributed by atoms with Crippen LogP contribution in [-0.4, -0.2) is 19.8 Å². The second-order valence-corrected chi connectivity index (χ2v) is 7.61. The Morgan fingerprint density at radius 2 is 2.00 bits per heavy atom. The summed E-state index contributed by atoms with van der Waals surface area (Å²) in [6, 6.07) is 10.3. The maximum atomic E-state index is 12.2. The minimum absolute atomic E-state index is 0.151. The highest BCUT2D eigenvalue weighted by atomic mass is 32.2. The zero-order chi connectivity index (χ0) is 13.9. The van der Waals surface area contributed by atoms with Gasteiger partial charge in [-0.3, -0.25) is 4.72 Å². The van der Waals surface area contributed by atoms with Crippen LogP contribution >= 0.6 is 23.1 Å². The zero-order valence-electron chi connectivity index (χ0n) is 10.2. The first-order valence-electron chi connectivity index (χ1n) is 5.42. The molecular weight excluding hydrogens is 302 g/mol. The lowest BCUT2D eigenvalue weighted by molar-refractivity contribution is 0.285. The Balaban J connectivity index is 2.31. The lowest BCUT2D eigenvalue weighted by Crippen LogP contribution is -2.11. The van der Waals surface area contributed by atoms with E-state index in [9.17, 15) is 8.42 Å². The smallest absolute Gasteiger partial charge is 0.271 e. The topological polar surface area (TPSA) is 66.4 Å². The number of rotatable bonds is 5. The third kappa shape index (κ3) is 3.30. The number of aliphatic hydroxyl groups is 1. The van der Waals surface area contributed by atoms with Gasteiger partial charge in [0.15, 0.2) is 0 Å². The van der Waals surface area contributed by atoms with E-state index in [1.165, 1.54) is 17.8 Å². The first kappa shape index (κ1) is 14.4. The van der Waals surface area contributed by atoms with E-state index >= 15 is 0 Å². The van der Waals surface area contributed by atoms with Crippen LogP contribution in [0, 0.1) is 0 Å². The summed E-state index contributed by atoms with van der Waals surface area (Å²) in [5.41, 5.74) is 0.564. The second-order valence-electron chi connectivity index (χ2n) is 3.68. The van der Waals surface area contributed by atoms with E-state index in [2.05, 4.69) is 4.72 Å². The molecule has 2 N–H and O–H groups in total. The van der Waals surface area contributed by atoms with E-state index in [1.54, 1.807) is 18.2 Å². The fraction of sp³-hybridized carbons (Fsp3) is 0.167. The molecule has 0 aliphatic heterocycles. The molecule has 2 aromatic rings. The number of benzene rings is 1. The summed E-state index contributed by atoms with van der Waals surface area (Å²) in [5.74, 6) is 0. The van der Waals surface area contributed by atoms with Crippen LogP contribution in [0.3, 0.4) is 0 Å². The van der Waals surface area contributed by atoms with Gasteiger partial charge in [-0.05, 0) is 30.5 Å². The van der Waals surface area contributed by atoms with Crippen molar-refractivity contribution in [3.63, 3.8) is 0 Å². The first-order valence-corrected chi connectivity index (χ1v) is 8.94. The average Bonchev–Trinajstić information content (AvgIpc) is 2.88. The van der Waals surface area contributed by atoms with Gasteiger partial charge < -0.3 is 5.11 Å². The second kappa shape index (κ2) is 5.96. The molecule has 102 valence electrons. The van der Waals surface area contributed by atoms with Gasteiger partial charge in [-0.25, -0.2) is 8.42 Å². The Morgan fingerprint density at radius 3 is 2.63 bits per heavy atom. The Morgan fingerprint density at radius 1 is 1.26 bits per heavy atom. The van der Waals surface area contributed by atoms with Crippen molar-refractivity contribution >= 4 is 38.8 Å². The van der Waals surface area contributed by atoms with Gasteiger partial charge >= 0.3 is 0 Å². The minimum atomic E-state index is -3.59. The molecule has 1 aromatic heterocycles. The Bertz CT molecular complexity index is 664. The predicted octanol–water partition coefficient (Wildman–Crippen LogP) is 2.76. The highest BCUT2D eigenvalue weighted by Crippen LogP contribution is 2.29. The summed E-state index contributed by atoms with van der Waals surface area (Å²) in [6.07, 6.45) is 1.89. The summed E-state index contributed by atoms with van der Waals surface area (Å²) < 4.78 is 27.2. The monoisotopic (exact) mass is 315 g/mol. The zero-order valence-corrected chi connectivity index (χ0v) is 12.6. The molecule has 1 aromatic carbocycles. The third-order valence-corrected chi connectivity index (χ3v) is 6.13. The maximum Gasteiger partial charge on any atom is 0.271 e. The van der Waals surface area contributed by atoms with Gasteiger partial charge in [0.05, 0.1) is 12.3 Å². The molecule has 0 atom stereocenters. The molecule has 0 fully saturated rings. The number of thioether (sulfide) groups is 1. The fourth-order valence-corrected chi connectivity index (χ4v) is 4.43. The third-order valence-electron chi connectivity index (χ3n) is 2.41. The van der Waals surface area contributed by atoms with Gasteiger partial charge in [-0.2, -0.15) is 0 Å². The molecule has 0 aliphatic carbocycles. The van der Waals surface area contributed by atoms with Crippen LogP contribution < -0.4 is 4.72 Å². The highest BCUT2D eigenvalue weighted by Gasteiger charge is 2.18. The van der Waals surface area contributed by atoms with Gasteiger partial charge in [0.1, 0.15) is 4.21 Å². The standard InChI is InChI=1S/C12H13NO3S3/c1-17-11-5-3-2-4-10(11)13-19(15,16)12-7-6-9(8-14)18-12/h2-7,13-14H,8H2,1H3. The van der Waals surface area contributed by atoms with Crippen molar-refractivity contribution in [1.29, 1.82) is 0 Å². The first-order chi connectivity index (χ1) is 9.06. The van der Waals surface area contributed by atoms with E-state index < -0.39 is 10.0 Å². The number of anilines is 1. The lowest BCUT2D eigenvalue weighted by Gasteiger charge is -2.09. The van der Waals surface area contributed by atoms with Crippen LogP contribution in [0.5, 0.6) is 0 Å². The largest absolute Gasteiger partial charge is 0.391 e. The molecule has 0 bridgehead atoms. The molecule has 19 heavy (non-hydrogen) atoms. The van der Waals surface area contributed by atoms with Crippen molar-refractivity contribution in [3.05, 3.63) is 41.3 Å². The molecule has 0 spiro atoms. The van der Waals surface area contributed by atoms with Gasteiger partial charge in [-0.1, -0.05) is 12.1 Å². The average molecular weight is 315 g/mol. The molecule has 0 aliphatic rings. The van der Waals surface area contributed by atoms with Crippen LogP contribution in [0.4, 0.5) is 5.69 Å². The molecule has 0 saturated heterocycles. The molecule has 0 unspecified atom stereocenters. The van der Waals surface area contributed by atoms with Gasteiger partial charge in [0, 0.05) is 9.77 Å². The summed E-state index contributed by atoms with van der Waals surface area (Å²) >= 11 is 2.54. The Labute approximate surface area is 120 Å². The molecule has 0 saturated carbocycles. The fourth-order valence-electron chi connectivity index (χ4n) is 1.51. The maximum absolute atomic E-state index is 12.2. The molecular formula is C12H13NO3S3. The van der Waals surface area contributed by atoms with E-state index in [-0.39, 0.29) is 10.8 Å².